The molecule has 0 heterocycles. The lowest BCUT2D eigenvalue weighted by Gasteiger charge is -2.09. The molecule has 122 valence electrons. The third kappa shape index (κ3) is 4.56. The molecule has 2 aromatic carbocycles. The molecule has 4 nitrogen and oxygen atoms in total. The van der Waals surface area contributed by atoms with Gasteiger partial charge in [0.05, 0.1) is 24.2 Å². The summed E-state index contributed by atoms with van der Waals surface area (Å²) in [5.74, 6) is -1.51. The maximum absolute atomic E-state index is 13.1. The predicted molar refractivity (Wildman–Crippen MR) is 82.2 cm³/mol. The van der Waals surface area contributed by atoms with Gasteiger partial charge in [0.1, 0.15) is 18.1 Å². The molecular weight excluding hydrogens is 328 g/mol. The minimum atomic E-state index is -1.13. The van der Waals surface area contributed by atoms with Gasteiger partial charge in [-0.2, -0.15) is 0 Å². The number of carbonyl (C=O) groups excluding carboxylic acids is 1. The summed E-state index contributed by atoms with van der Waals surface area (Å²) in [5, 5.41) is 2.36. The number of nitrogens with one attached hydrogen (secondary N) is 1. The number of methoxy groups -OCH3 is 1. The Labute approximate surface area is 137 Å². The SMILES string of the molecule is COc1ccc(OCCNC(=O)c2cc(F)c(F)cc2Cl)cc1. The van der Waals surface area contributed by atoms with Gasteiger partial charge in [0.2, 0.25) is 0 Å². The van der Waals surface area contributed by atoms with E-state index in [4.69, 9.17) is 21.1 Å². The smallest absolute Gasteiger partial charge is 0.253 e. The number of amides is 1. The van der Waals surface area contributed by atoms with E-state index >= 15 is 0 Å². The van der Waals surface area contributed by atoms with Crippen molar-refractivity contribution < 1.29 is 23.0 Å². The fraction of sp³-hybridized carbons (Fsp3) is 0.188. The first kappa shape index (κ1) is 17.0. The Morgan fingerprint density at radius 1 is 1.13 bits per heavy atom. The number of ether oxygens (including phenoxy) is 2. The van der Waals surface area contributed by atoms with E-state index in [1.165, 1.54) is 0 Å². The molecule has 0 saturated heterocycles. The summed E-state index contributed by atoms with van der Waals surface area (Å²) in [5.41, 5.74) is -0.130. The van der Waals surface area contributed by atoms with Gasteiger partial charge in [-0.1, -0.05) is 11.6 Å². The maximum Gasteiger partial charge on any atom is 0.253 e. The maximum atomic E-state index is 13.1. The lowest BCUT2D eigenvalue weighted by Crippen LogP contribution is -2.28. The summed E-state index contributed by atoms with van der Waals surface area (Å²) in [6.45, 7) is 0.388. The molecule has 0 fully saturated rings. The highest BCUT2D eigenvalue weighted by Gasteiger charge is 2.14. The molecule has 2 rings (SSSR count). The molecule has 0 aliphatic heterocycles. The minimum absolute atomic E-state index is 0.130. The first-order valence-corrected chi connectivity index (χ1v) is 7.08. The number of carbonyl (C=O) groups is 1. The molecule has 0 aliphatic rings. The number of hydrogen-bond donors (Lipinski definition) is 1. The summed E-state index contributed by atoms with van der Waals surface area (Å²) < 4.78 is 36.5. The third-order valence-electron chi connectivity index (χ3n) is 2.97. The van der Waals surface area contributed by atoms with Gasteiger partial charge in [0.25, 0.3) is 5.91 Å². The molecule has 0 atom stereocenters. The largest absolute Gasteiger partial charge is 0.497 e. The van der Waals surface area contributed by atoms with Crippen LogP contribution in [-0.2, 0) is 0 Å². The van der Waals surface area contributed by atoms with Crippen LogP contribution >= 0.6 is 11.6 Å². The van der Waals surface area contributed by atoms with Crippen molar-refractivity contribution in [1.82, 2.24) is 5.32 Å². The van der Waals surface area contributed by atoms with Gasteiger partial charge in [0, 0.05) is 0 Å². The molecule has 0 unspecified atom stereocenters. The second-order valence-corrected chi connectivity index (χ2v) is 4.93. The van der Waals surface area contributed by atoms with Gasteiger partial charge in [-0.25, -0.2) is 8.78 Å². The fourth-order valence-corrected chi connectivity index (χ4v) is 2.03. The number of hydrogen-bond acceptors (Lipinski definition) is 3. The van der Waals surface area contributed by atoms with E-state index in [1.54, 1.807) is 31.4 Å². The van der Waals surface area contributed by atoms with Crippen molar-refractivity contribution in [2.45, 2.75) is 0 Å². The Hall–Kier alpha value is -2.34. The average molecular weight is 342 g/mol. The number of benzene rings is 2. The molecule has 1 N–H and O–H groups in total. The molecule has 0 bridgehead atoms. The molecule has 0 aromatic heterocycles. The molecule has 23 heavy (non-hydrogen) atoms. The van der Waals surface area contributed by atoms with Crippen LogP contribution in [-0.4, -0.2) is 26.2 Å². The molecule has 0 aliphatic carbocycles. The van der Waals surface area contributed by atoms with E-state index < -0.39 is 17.5 Å². The Morgan fingerprint density at radius 3 is 2.39 bits per heavy atom. The summed E-state index contributed by atoms with van der Waals surface area (Å²) >= 11 is 5.72. The van der Waals surface area contributed by atoms with Crippen molar-refractivity contribution in [3.05, 3.63) is 58.6 Å². The normalized spacial score (nSPS) is 10.3. The van der Waals surface area contributed by atoms with Crippen LogP contribution in [0.4, 0.5) is 8.78 Å². The minimum Gasteiger partial charge on any atom is -0.497 e. The zero-order valence-electron chi connectivity index (χ0n) is 12.2. The van der Waals surface area contributed by atoms with Crippen LogP contribution < -0.4 is 14.8 Å². The van der Waals surface area contributed by atoms with Crippen LogP contribution in [0.3, 0.4) is 0 Å². The predicted octanol–water partition coefficient (Wildman–Crippen LogP) is 3.44. The molecule has 2 aromatic rings. The van der Waals surface area contributed by atoms with Gasteiger partial charge in [-0.15, -0.1) is 0 Å². The van der Waals surface area contributed by atoms with Gasteiger partial charge in [-0.3, -0.25) is 4.79 Å². The van der Waals surface area contributed by atoms with Crippen LogP contribution in [0.15, 0.2) is 36.4 Å². The van der Waals surface area contributed by atoms with Crippen molar-refractivity contribution in [1.29, 1.82) is 0 Å². The van der Waals surface area contributed by atoms with Crippen LogP contribution in [0.25, 0.3) is 0 Å². The summed E-state index contributed by atoms with van der Waals surface area (Å²) in [6.07, 6.45) is 0. The van der Waals surface area contributed by atoms with Gasteiger partial charge in [0.15, 0.2) is 11.6 Å². The molecule has 1 amide bonds. The first-order valence-electron chi connectivity index (χ1n) is 6.71. The van der Waals surface area contributed by atoms with E-state index in [0.29, 0.717) is 11.5 Å². The zero-order chi connectivity index (χ0) is 16.8. The standard InChI is InChI=1S/C16H14ClF2NO3/c1-22-10-2-4-11(5-3-10)23-7-6-20-16(21)12-8-14(18)15(19)9-13(12)17/h2-5,8-9H,6-7H2,1H3,(H,20,21). The van der Waals surface area contributed by atoms with Crippen LogP contribution in [0.1, 0.15) is 10.4 Å². The van der Waals surface area contributed by atoms with Crippen molar-refractivity contribution >= 4 is 17.5 Å². The Bertz CT molecular complexity index is 692. The van der Waals surface area contributed by atoms with E-state index in [9.17, 15) is 13.6 Å². The monoisotopic (exact) mass is 341 g/mol. The van der Waals surface area contributed by atoms with Crippen LogP contribution in [0.2, 0.25) is 5.02 Å². The molecular formula is C16H14ClF2NO3. The highest BCUT2D eigenvalue weighted by atomic mass is 35.5. The zero-order valence-corrected chi connectivity index (χ0v) is 13.0. The van der Waals surface area contributed by atoms with Gasteiger partial charge < -0.3 is 14.8 Å². The van der Waals surface area contributed by atoms with Gasteiger partial charge >= 0.3 is 0 Å². The summed E-state index contributed by atoms with van der Waals surface area (Å²) in [4.78, 5) is 11.9. The lowest BCUT2D eigenvalue weighted by molar-refractivity contribution is 0.0946. The average Bonchev–Trinajstić information content (AvgIpc) is 2.55. The van der Waals surface area contributed by atoms with Crippen molar-refractivity contribution in [2.24, 2.45) is 0 Å². The lowest BCUT2D eigenvalue weighted by atomic mass is 10.2. The fourth-order valence-electron chi connectivity index (χ4n) is 1.80. The van der Waals surface area contributed by atoms with Crippen LogP contribution in [0.5, 0.6) is 11.5 Å². The van der Waals surface area contributed by atoms with Crippen molar-refractivity contribution in [2.75, 3.05) is 20.3 Å². The second-order valence-electron chi connectivity index (χ2n) is 4.53. The second kappa shape index (κ2) is 7.78. The highest BCUT2D eigenvalue weighted by molar-refractivity contribution is 6.33. The molecule has 0 spiro atoms. The Morgan fingerprint density at radius 2 is 1.74 bits per heavy atom. The molecule has 0 radical (unpaired) electrons. The molecule has 7 heteroatoms. The Kier molecular flexibility index (Phi) is 5.76. The highest BCUT2D eigenvalue weighted by Crippen LogP contribution is 2.20. The van der Waals surface area contributed by atoms with E-state index in [1.807, 2.05) is 0 Å². The van der Waals surface area contributed by atoms with E-state index in [0.717, 1.165) is 12.1 Å². The number of halogens is 3. The van der Waals surface area contributed by atoms with Gasteiger partial charge in [-0.05, 0) is 36.4 Å². The third-order valence-corrected chi connectivity index (χ3v) is 3.28. The first-order chi connectivity index (χ1) is 11.0. The Balaban J connectivity index is 1.84. The quantitative estimate of drug-likeness (QED) is 0.647. The topological polar surface area (TPSA) is 47.6 Å². The van der Waals surface area contributed by atoms with Crippen molar-refractivity contribution in [3.8, 4) is 11.5 Å². The summed E-state index contributed by atoms with van der Waals surface area (Å²) in [6, 6.07) is 8.47. The summed E-state index contributed by atoms with van der Waals surface area (Å²) in [7, 11) is 1.56. The van der Waals surface area contributed by atoms with Crippen LogP contribution in [0, 0.1) is 11.6 Å². The van der Waals surface area contributed by atoms with E-state index in [2.05, 4.69) is 5.32 Å². The van der Waals surface area contributed by atoms with Crippen molar-refractivity contribution in [3.63, 3.8) is 0 Å². The number of rotatable bonds is 6. The van der Waals surface area contributed by atoms with E-state index in [-0.39, 0.29) is 23.7 Å². The molecule has 0 saturated carbocycles.